The quantitative estimate of drug-likeness (QED) is 0.835. The number of halogens is 3. The molecule has 2 rings (SSSR count). The molecule has 1 aromatic heterocycles. The minimum absolute atomic E-state index is 0.387. The van der Waals surface area contributed by atoms with Gasteiger partial charge in [-0.2, -0.15) is 13.2 Å². The topological polar surface area (TPSA) is 25.4 Å². The van der Waals surface area contributed by atoms with Gasteiger partial charge in [-0.3, -0.25) is 4.98 Å². The molecule has 1 saturated heterocycles. The summed E-state index contributed by atoms with van der Waals surface area (Å²) in [5, 5.41) is 0. The number of hydrogen-bond acceptors (Lipinski definition) is 3. The van der Waals surface area contributed by atoms with Crippen LogP contribution in [-0.4, -0.2) is 31.8 Å². The molecule has 1 aromatic rings. The summed E-state index contributed by atoms with van der Waals surface area (Å²) in [6.45, 7) is 2.12. The van der Waals surface area contributed by atoms with Gasteiger partial charge in [0, 0.05) is 38.0 Å². The van der Waals surface area contributed by atoms with Crippen molar-refractivity contribution < 1.29 is 17.9 Å². The Bertz CT molecular complexity index is 403. The standard InChI is InChI=1S/C12H15F3N2O/c1-17(7-9-3-5-18-8-9)10-2-4-16-11(6-10)12(13,14)15/h2,4,6,9H,3,5,7-8H2,1H3/t9-/m0/s1. The number of pyridine rings is 1. The lowest BCUT2D eigenvalue weighted by Gasteiger charge is -2.22. The molecule has 1 aliphatic heterocycles. The van der Waals surface area contributed by atoms with E-state index in [-0.39, 0.29) is 0 Å². The van der Waals surface area contributed by atoms with E-state index in [0.29, 0.717) is 24.8 Å². The van der Waals surface area contributed by atoms with Crippen LogP contribution in [0.4, 0.5) is 18.9 Å². The molecule has 3 nitrogen and oxygen atoms in total. The molecular formula is C12H15F3N2O. The molecule has 0 N–H and O–H groups in total. The Morgan fingerprint density at radius 2 is 2.28 bits per heavy atom. The molecular weight excluding hydrogens is 245 g/mol. The maximum Gasteiger partial charge on any atom is 0.433 e. The molecule has 1 fully saturated rings. The Morgan fingerprint density at radius 1 is 1.50 bits per heavy atom. The molecule has 0 saturated carbocycles. The van der Waals surface area contributed by atoms with Crippen molar-refractivity contribution in [3.8, 4) is 0 Å². The second-order valence-corrected chi connectivity index (χ2v) is 4.51. The number of rotatable bonds is 3. The van der Waals surface area contributed by atoms with Crippen LogP contribution in [0.25, 0.3) is 0 Å². The minimum Gasteiger partial charge on any atom is -0.381 e. The van der Waals surface area contributed by atoms with Gasteiger partial charge in [-0.15, -0.1) is 0 Å². The fourth-order valence-corrected chi connectivity index (χ4v) is 2.03. The lowest BCUT2D eigenvalue weighted by atomic mass is 10.1. The highest BCUT2D eigenvalue weighted by molar-refractivity contribution is 5.46. The van der Waals surface area contributed by atoms with Crippen LogP contribution in [0.15, 0.2) is 18.3 Å². The third-order valence-corrected chi connectivity index (χ3v) is 3.03. The van der Waals surface area contributed by atoms with Crippen LogP contribution in [-0.2, 0) is 10.9 Å². The molecule has 100 valence electrons. The van der Waals surface area contributed by atoms with Crippen molar-refractivity contribution >= 4 is 5.69 Å². The summed E-state index contributed by atoms with van der Waals surface area (Å²) in [4.78, 5) is 5.16. The molecule has 0 bridgehead atoms. The zero-order valence-electron chi connectivity index (χ0n) is 10.1. The van der Waals surface area contributed by atoms with Crippen molar-refractivity contribution in [1.29, 1.82) is 0 Å². The van der Waals surface area contributed by atoms with Gasteiger partial charge in [0.15, 0.2) is 0 Å². The lowest BCUT2D eigenvalue weighted by molar-refractivity contribution is -0.141. The van der Waals surface area contributed by atoms with E-state index in [1.165, 1.54) is 6.20 Å². The summed E-state index contributed by atoms with van der Waals surface area (Å²) >= 11 is 0. The first-order valence-electron chi connectivity index (χ1n) is 5.79. The highest BCUT2D eigenvalue weighted by Gasteiger charge is 2.32. The van der Waals surface area contributed by atoms with E-state index < -0.39 is 11.9 Å². The fraction of sp³-hybridized carbons (Fsp3) is 0.583. The number of alkyl halides is 3. The number of hydrogen-bond donors (Lipinski definition) is 0. The largest absolute Gasteiger partial charge is 0.433 e. The summed E-state index contributed by atoms with van der Waals surface area (Å²) in [5.41, 5.74) is -0.321. The molecule has 0 unspecified atom stereocenters. The normalized spacial score (nSPS) is 20.1. The summed E-state index contributed by atoms with van der Waals surface area (Å²) < 4.78 is 42.9. The Morgan fingerprint density at radius 3 is 2.89 bits per heavy atom. The molecule has 0 amide bonds. The van der Waals surface area contributed by atoms with Crippen LogP contribution in [0.1, 0.15) is 12.1 Å². The summed E-state index contributed by atoms with van der Waals surface area (Å²) in [5.74, 6) is 0.387. The van der Waals surface area contributed by atoms with Gasteiger partial charge in [-0.05, 0) is 18.6 Å². The van der Waals surface area contributed by atoms with Crippen molar-refractivity contribution in [3.05, 3.63) is 24.0 Å². The average Bonchev–Trinajstić information content (AvgIpc) is 2.81. The van der Waals surface area contributed by atoms with Gasteiger partial charge >= 0.3 is 6.18 Å². The lowest BCUT2D eigenvalue weighted by Crippen LogP contribution is -2.26. The first kappa shape index (κ1) is 13.1. The van der Waals surface area contributed by atoms with Gasteiger partial charge in [0.05, 0.1) is 6.61 Å². The Hall–Kier alpha value is -1.30. The zero-order valence-corrected chi connectivity index (χ0v) is 10.1. The van der Waals surface area contributed by atoms with Crippen molar-refractivity contribution in [2.24, 2.45) is 5.92 Å². The first-order chi connectivity index (χ1) is 8.47. The van der Waals surface area contributed by atoms with Gasteiger partial charge in [0.2, 0.25) is 0 Å². The highest BCUT2D eigenvalue weighted by Crippen LogP contribution is 2.30. The molecule has 0 aromatic carbocycles. The van der Waals surface area contributed by atoms with Crippen molar-refractivity contribution in [2.45, 2.75) is 12.6 Å². The fourth-order valence-electron chi connectivity index (χ4n) is 2.03. The van der Waals surface area contributed by atoms with Crippen LogP contribution < -0.4 is 4.90 Å². The SMILES string of the molecule is CN(C[C@@H]1CCOC1)c1ccnc(C(F)(F)F)c1. The minimum atomic E-state index is -4.40. The monoisotopic (exact) mass is 260 g/mol. The Kier molecular flexibility index (Phi) is 3.75. The average molecular weight is 260 g/mol. The van der Waals surface area contributed by atoms with Gasteiger partial charge < -0.3 is 9.64 Å². The van der Waals surface area contributed by atoms with Crippen LogP contribution >= 0.6 is 0 Å². The molecule has 2 heterocycles. The van der Waals surface area contributed by atoms with Gasteiger partial charge in [-0.1, -0.05) is 0 Å². The van der Waals surface area contributed by atoms with E-state index >= 15 is 0 Å². The molecule has 1 atom stereocenters. The Labute approximate surface area is 104 Å². The molecule has 0 aliphatic carbocycles. The molecule has 0 radical (unpaired) electrons. The van der Waals surface area contributed by atoms with E-state index in [1.807, 2.05) is 4.90 Å². The van der Waals surface area contributed by atoms with Crippen LogP contribution in [0.2, 0.25) is 0 Å². The van der Waals surface area contributed by atoms with Gasteiger partial charge in [0.25, 0.3) is 0 Å². The summed E-state index contributed by atoms with van der Waals surface area (Å²) in [6, 6.07) is 2.67. The maximum atomic E-state index is 12.5. The second kappa shape index (κ2) is 5.14. The van der Waals surface area contributed by atoms with E-state index in [4.69, 9.17) is 4.74 Å². The summed E-state index contributed by atoms with van der Waals surface area (Å²) in [7, 11) is 1.79. The molecule has 0 spiro atoms. The van der Waals surface area contributed by atoms with Crippen molar-refractivity contribution in [1.82, 2.24) is 4.98 Å². The molecule has 6 heteroatoms. The van der Waals surface area contributed by atoms with Gasteiger partial charge in [-0.25, -0.2) is 0 Å². The predicted octanol–water partition coefficient (Wildman–Crippen LogP) is 2.57. The number of ether oxygens (including phenoxy) is 1. The van der Waals surface area contributed by atoms with Crippen molar-refractivity contribution in [2.75, 3.05) is 31.7 Å². The maximum absolute atomic E-state index is 12.5. The molecule has 1 aliphatic rings. The van der Waals surface area contributed by atoms with E-state index in [1.54, 1.807) is 13.1 Å². The van der Waals surface area contributed by atoms with Crippen LogP contribution in [0.3, 0.4) is 0 Å². The first-order valence-corrected chi connectivity index (χ1v) is 5.79. The van der Waals surface area contributed by atoms with Crippen molar-refractivity contribution in [3.63, 3.8) is 0 Å². The van der Waals surface area contributed by atoms with Crippen LogP contribution in [0, 0.1) is 5.92 Å². The van der Waals surface area contributed by atoms with Gasteiger partial charge in [0.1, 0.15) is 5.69 Å². The predicted molar refractivity (Wildman–Crippen MR) is 61.4 cm³/mol. The van der Waals surface area contributed by atoms with E-state index in [2.05, 4.69) is 4.98 Å². The Balaban J connectivity index is 2.07. The molecule has 18 heavy (non-hydrogen) atoms. The summed E-state index contributed by atoms with van der Waals surface area (Å²) in [6.07, 6.45) is -2.24. The van der Waals surface area contributed by atoms with E-state index in [0.717, 1.165) is 19.1 Å². The second-order valence-electron chi connectivity index (χ2n) is 4.51. The number of aromatic nitrogens is 1. The van der Waals surface area contributed by atoms with E-state index in [9.17, 15) is 13.2 Å². The third-order valence-electron chi connectivity index (χ3n) is 3.03. The smallest absolute Gasteiger partial charge is 0.381 e. The van der Waals surface area contributed by atoms with Crippen LogP contribution in [0.5, 0.6) is 0 Å². The number of anilines is 1. The third kappa shape index (κ3) is 3.13. The zero-order chi connectivity index (χ0) is 13.2. The highest BCUT2D eigenvalue weighted by atomic mass is 19.4. The number of nitrogens with zero attached hydrogens (tertiary/aromatic N) is 2.